The van der Waals surface area contributed by atoms with Crippen molar-refractivity contribution in [2.45, 2.75) is 25.6 Å². The molecular formula is C11H14FNO2. The van der Waals surface area contributed by atoms with Crippen LogP contribution in [0.3, 0.4) is 0 Å². The van der Waals surface area contributed by atoms with Crippen LogP contribution in [0.2, 0.25) is 0 Å². The molecule has 2 heterocycles. The molecule has 0 aliphatic carbocycles. The third kappa shape index (κ3) is 2.01. The highest BCUT2D eigenvalue weighted by Crippen LogP contribution is 2.33. The van der Waals surface area contributed by atoms with Crippen molar-refractivity contribution in [1.29, 1.82) is 0 Å². The number of pyridine rings is 1. The number of rotatable bonds is 2. The first kappa shape index (κ1) is 10.5. The van der Waals surface area contributed by atoms with E-state index in [0.717, 1.165) is 12.6 Å². The molecule has 1 aromatic heterocycles. The van der Waals surface area contributed by atoms with Crippen molar-refractivity contribution in [3.63, 3.8) is 0 Å². The van der Waals surface area contributed by atoms with Crippen molar-refractivity contribution in [2.75, 3.05) is 6.61 Å². The van der Waals surface area contributed by atoms with Crippen LogP contribution < -0.4 is 0 Å². The molecule has 3 atom stereocenters. The van der Waals surface area contributed by atoms with E-state index in [0.29, 0.717) is 12.2 Å². The maximum Gasteiger partial charge on any atom is 0.147 e. The minimum absolute atomic E-state index is 0.0208. The molecule has 82 valence electrons. The average Bonchev–Trinajstić information content (AvgIpc) is 2.64. The van der Waals surface area contributed by atoms with Gasteiger partial charge in [0, 0.05) is 24.3 Å². The van der Waals surface area contributed by atoms with Crippen LogP contribution in [0.5, 0.6) is 0 Å². The van der Waals surface area contributed by atoms with Crippen molar-refractivity contribution in [3.05, 3.63) is 29.8 Å². The highest BCUT2D eigenvalue weighted by atomic mass is 19.1. The summed E-state index contributed by atoms with van der Waals surface area (Å²) < 4.78 is 18.7. The molecule has 1 saturated heterocycles. The van der Waals surface area contributed by atoms with Crippen LogP contribution in [-0.2, 0) is 4.74 Å². The van der Waals surface area contributed by atoms with Crippen LogP contribution in [0.15, 0.2) is 18.5 Å². The summed E-state index contributed by atoms with van der Waals surface area (Å²) in [6.07, 6.45) is 2.56. The maximum atomic E-state index is 13.4. The second-order valence-corrected chi connectivity index (χ2v) is 3.87. The lowest BCUT2D eigenvalue weighted by atomic mass is 9.91. The number of halogens is 1. The molecule has 0 amide bonds. The number of aromatic nitrogens is 1. The zero-order valence-electron chi connectivity index (χ0n) is 8.56. The number of hydrogen-bond donors (Lipinski definition) is 1. The molecule has 1 aromatic rings. The Hall–Kier alpha value is -1.00. The topological polar surface area (TPSA) is 42.4 Å². The van der Waals surface area contributed by atoms with Gasteiger partial charge in [-0.25, -0.2) is 4.39 Å². The van der Waals surface area contributed by atoms with Crippen molar-refractivity contribution < 1.29 is 14.2 Å². The minimum atomic E-state index is -0.800. The van der Waals surface area contributed by atoms with Crippen LogP contribution >= 0.6 is 0 Å². The van der Waals surface area contributed by atoms with E-state index < -0.39 is 11.9 Å². The van der Waals surface area contributed by atoms with Gasteiger partial charge in [0.1, 0.15) is 5.82 Å². The molecule has 3 nitrogen and oxygen atoms in total. The van der Waals surface area contributed by atoms with E-state index in [9.17, 15) is 9.50 Å². The van der Waals surface area contributed by atoms with Gasteiger partial charge in [0.05, 0.1) is 18.4 Å². The lowest BCUT2D eigenvalue weighted by molar-refractivity contribution is 0.0414. The van der Waals surface area contributed by atoms with E-state index in [1.807, 2.05) is 6.92 Å². The second kappa shape index (κ2) is 4.24. The Balaban J connectivity index is 2.20. The van der Waals surface area contributed by atoms with Crippen LogP contribution in [0.4, 0.5) is 4.39 Å². The fraction of sp³-hybridized carbons (Fsp3) is 0.545. The van der Waals surface area contributed by atoms with Crippen LogP contribution in [-0.4, -0.2) is 22.8 Å². The Morgan fingerprint density at radius 2 is 2.47 bits per heavy atom. The maximum absolute atomic E-state index is 13.4. The van der Waals surface area contributed by atoms with Gasteiger partial charge in [0.25, 0.3) is 0 Å². The zero-order chi connectivity index (χ0) is 10.8. The summed E-state index contributed by atoms with van der Waals surface area (Å²) >= 11 is 0. The molecule has 1 aliphatic rings. The highest BCUT2D eigenvalue weighted by molar-refractivity contribution is 5.17. The molecule has 0 spiro atoms. The predicted molar refractivity (Wildman–Crippen MR) is 52.7 cm³/mol. The standard InChI is InChI=1S/C11H14FNO2/c1-7-8(3-5-15-7)11(14)9-2-4-13-6-10(9)12/h2,4,6-8,11,14H,3,5H2,1H3. The van der Waals surface area contributed by atoms with Gasteiger partial charge < -0.3 is 9.84 Å². The Morgan fingerprint density at radius 1 is 1.67 bits per heavy atom. The first-order chi connectivity index (χ1) is 7.20. The number of aliphatic hydroxyl groups excluding tert-OH is 1. The molecule has 15 heavy (non-hydrogen) atoms. The van der Waals surface area contributed by atoms with Gasteiger partial charge in [-0.3, -0.25) is 4.98 Å². The Bertz CT molecular complexity index is 345. The van der Waals surface area contributed by atoms with Crippen molar-refractivity contribution in [2.24, 2.45) is 5.92 Å². The largest absolute Gasteiger partial charge is 0.388 e. The lowest BCUT2D eigenvalue weighted by Crippen LogP contribution is -2.20. The predicted octanol–water partition coefficient (Wildman–Crippen LogP) is 1.68. The Kier molecular flexibility index (Phi) is 2.98. The lowest BCUT2D eigenvalue weighted by Gasteiger charge is -2.21. The first-order valence-corrected chi connectivity index (χ1v) is 5.09. The van der Waals surface area contributed by atoms with Gasteiger partial charge in [0.15, 0.2) is 0 Å². The molecule has 0 bridgehead atoms. The van der Waals surface area contributed by atoms with E-state index in [4.69, 9.17) is 4.74 Å². The minimum Gasteiger partial charge on any atom is -0.388 e. The zero-order valence-corrected chi connectivity index (χ0v) is 8.56. The quantitative estimate of drug-likeness (QED) is 0.809. The summed E-state index contributed by atoms with van der Waals surface area (Å²) in [4.78, 5) is 3.66. The van der Waals surface area contributed by atoms with Crippen molar-refractivity contribution in [1.82, 2.24) is 4.98 Å². The molecule has 1 fully saturated rings. The summed E-state index contributed by atoms with van der Waals surface area (Å²) in [5.41, 5.74) is 0.312. The second-order valence-electron chi connectivity index (χ2n) is 3.87. The van der Waals surface area contributed by atoms with E-state index in [-0.39, 0.29) is 12.0 Å². The van der Waals surface area contributed by atoms with Crippen molar-refractivity contribution >= 4 is 0 Å². The molecule has 0 radical (unpaired) electrons. The number of nitrogens with zero attached hydrogens (tertiary/aromatic N) is 1. The molecule has 0 saturated carbocycles. The number of hydrogen-bond acceptors (Lipinski definition) is 3. The smallest absolute Gasteiger partial charge is 0.147 e. The molecule has 0 aromatic carbocycles. The molecule has 4 heteroatoms. The summed E-state index contributed by atoms with van der Waals surface area (Å²) in [6.45, 7) is 2.54. The first-order valence-electron chi connectivity index (χ1n) is 5.09. The van der Waals surface area contributed by atoms with Gasteiger partial charge in [-0.05, 0) is 19.4 Å². The normalized spacial score (nSPS) is 27.9. The van der Waals surface area contributed by atoms with Crippen LogP contribution in [0.1, 0.15) is 25.0 Å². The molecule has 1 N–H and O–H groups in total. The summed E-state index contributed by atoms with van der Waals surface area (Å²) in [6, 6.07) is 1.52. The van der Waals surface area contributed by atoms with Crippen molar-refractivity contribution in [3.8, 4) is 0 Å². The molecule has 2 rings (SSSR count). The molecular weight excluding hydrogens is 197 g/mol. The number of aliphatic hydroxyl groups is 1. The van der Waals surface area contributed by atoms with Crippen LogP contribution in [0, 0.1) is 11.7 Å². The average molecular weight is 211 g/mol. The van der Waals surface area contributed by atoms with Gasteiger partial charge >= 0.3 is 0 Å². The van der Waals surface area contributed by atoms with Gasteiger partial charge in [0.2, 0.25) is 0 Å². The fourth-order valence-corrected chi connectivity index (χ4v) is 2.02. The molecule has 1 aliphatic heterocycles. The Labute approximate surface area is 87.9 Å². The monoisotopic (exact) mass is 211 g/mol. The van der Waals surface area contributed by atoms with E-state index in [1.165, 1.54) is 12.3 Å². The van der Waals surface area contributed by atoms with E-state index in [1.54, 1.807) is 0 Å². The third-order valence-corrected chi connectivity index (χ3v) is 2.96. The van der Waals surface area contributed by atoms with Crippen LogP contribution in [0.25, 0.3) is 0 Å². The van der Waals surface area contributed by atoms with Gasteiger partial charge in [-0.1, -0.05) is 0 Å². The summed E-state index contributed by atoms with van der Waals surface area (Å²) in [7, 11) is 0. The fourth-order valence-electron chi connectivity index (χ4n) is 2.02. The third-order valence-electron chi connectivity index (χ3n) is 2.96. The number of ether oxygens (including phenoxy) is 1. The SMILES string of the molecule is CC1OCCC1C(O)c1ccncc1F. The van der Waals surface area contributed by atoms with Gasteiger partial charge in [-0.2, -0.15) is 0 Å². The van der Waals surface area contributed by atoms with Gasteiger partial charge in [-0.15, -0.1) is 0 Å². The molecule has 3 unspecified atom stereocenters. The summed E-state index contributed by atoms with van der Waals surface area (Å²) in [5, 5.41) is 10.0. The highest BCUT2D eigenvalue weighted by Gasteiger charge is 2.32. The van der Waals surface area contributed by atoms with E-state index in [2.05, 4.69) is 4.98 Å². The van der Waals surface area contributed by atoms with E-state index >= 15 is 0 Å². The Morgan fingerprint density at radius 3 is 3.07 bits per heavy atom. The summed E-state index contributed by atoms with van der Waals surface area (Å²) in [5.74, 6) is -0.481.